The van der Waals surface area contributed by atoms with Crippen LogP contribution in [0.1, 0.15) is 17.3 Å². The van der Waals surface area contributed by atoms with Gasteiger partial charge in [0.2, 0.25) is 5.91 Å². The van der Waals surface area contributed by atoms with Crippen LogP contribution in [0.2, 0.25) is 0 Å². The molecule has 0 atom stereocenters. The largest absolute Gasteiger partial charge is 0.493 e. The van der Waals surface area contributed by atoms with Gasteiger partial charge in [0.05, 0.1) is 25.8 Å². The summed E-state index contributed by atoms with van der Waals surface area (Å²) in [7, 11) is 1.44. The van der Waals surface area contributed by atoms with E-state index in [-0.39, 0.29) is 12.1 Å². The molecule has 0 aliphatic rings. The number of rotatable bonds is 9. The minimum absolute atomic E-state index is 0.187. The van der Waals surface area contributed by atoms with Gasteiger partial charge in [0.25, 0.3) is 5.91 Å². The fourth-order valence-electron chi connectivity index (χ4n) is 2.25. The Balaban J connectivity index is 1.78. The Labute approximate surface area is 166 Å². The maximum atomic E-state index is 12.8. The van der Waals surface area contributed by atoms with E-state index in [1.54, 1.807) is 6.07 Å². The fourth-order valence-corrected chi connectivity index (χ4v) is 2.25. The van der Waals surface area contributed by atoms with Crippen molar-refractivity contribution in [1.82, 2.24) is 5.32 Å². The molecule has 2 amide bonds. The van der Waals surface area contributed by atoms with Crippen molar-refractivity contribution in [3.8, 4) is 11.5 Å². The highest BCUT2D eigenvalue weighted by atomic mass is 19.1. The van der Waals surface area contributed by atoms with Crippen LogP contribution in [0.5, 0.6) is 11.5 Å². The molecular weight excluding hydrogens is 383 g/mol. The molecule has 29 heavy (non-hydrogen) atoms. The molecule has 154 valence electrons. The Kier molecular flexibility index (Phi) is 7.96. The lowest BCUT2D eigenvalue weighted by atomic mass is 10.2. The van der Waals surface area contributed by atoms with Gasteiger partial charge in [-0.2, -0.15) is 0 Å². The molecule has 8 nitrogen and oxygen atoms in total. The maximum absolute atomic E-state index is 12.8. The second-order valence-corrected chi connectivity index (χ2v) is 5.71. The third kappa shape index (κ3) is 6.80. The Bertz CT molecular complexity index is 870. The third-order valence-electron chi connectivity index (χ3n) is 3.61. The van der Waals surface area contributed by atoms with Gasteiger partial charge < -0.3 is 24.8 Å². The van der Waals surface area contributed by atoms with Crippen LogP contribution in [0.4, 0.5) is 10.1 Å². The molecule has 2 aromatic carbocycles. The molecule has 0 aliphatic heterocycles. The number of esters is 1. The van der Waals surface area contributed by atoms with Gasteiger partial charge in [-0.25, -0.2) is 9.18 Å². The number of halogens is 1. The molecule has 0 fully saturated rings. The van der Waals surface area contributed by atoms with Gasteiger partial charge in [0.1, 0.15) is 5.82 Å². The molecule has 9 heteroatoms. The summed E-state index contributed by atoms with van der Waals surface area (Å²) < 4.78 is 28.3. The zero-order valence-electron chi connectivity index (χ0n) is 16.0. The van der Waals surface area contributed by atoms with Crippen LogP contribution in [-0.2, 0) is 14.3 Å². The molecule has 0 aliphatic carbocycles. The maximum Gasteiger partial charge on any atom is 0.338 e. The van der Waals surface area contributed by atoms with Gasteiger partial charge in [0.15, 0.2) is 18.1 Å². The van der Waals surface area contributed by atoms with Crippen molar-refractivity contribution in [2.45, 2.75) is 6.92 Å². The number of nitrogens with one attached hydrogen (secondary N) is 2. The zero-order valence-corrected chi connectivity index (χ0v) is 16.0. The highest BCUT2D eigenvalue weighted by molar-refractivity contribution is 5.95. The molecular formula is C20H21FN2O6. The molecule has 0 saturated heterocycles. The van der Waals surface area contributed by atoms with Gasteiger partial charge >= 0.3 is 5.97 Å². The monoisotopic (exact) mass is 404 g/mol. The molecule has 0 aromatic heterocycles. The van der Waals surface area contributed by atoms with E-state index in [9.17, 15) is 18.8 Å². The van der Waals surface area contributed by atoms with Crippen LogP contribution in [0.15, 0.2) is 42.5 Å². The predicted molar refractivity (Wildman–Crippen MR) is 102 cm³/mol. The van der Waals surface area contributed by atoms with Crippen LogP contribution >= 0.6 is 0 Å². The molecule has 0 spiro atoms. The lowest BCUT2D eigenvalue weighted by Gasteiger charge is -2.11. The van der Waals surface area contributed by atoms with Crippen molar-refractivity contribution in [2.75, 3.05) is 32.2 Å². The van der Waals surface area contributed by atoms with Gasteiger partial charge in [-0.15, -0.1) is 0 Å². The lowest BCUT2D eigenvalue weighted by molar-refractivity contribution is -0.126. The molecule has 0 heterocycles. The number of hydrogen-bond donors (Lipinski definition) is 2. The van der Waals surface area contributed by atoms with E-state index in [1.807, 2.05) is 6.92 Å². The highest BCUT2D eigenvalue weighted by Crippen LogP contribution is 2.28. The molecule has 2 aromatic rings. The van der Waals surface area contributed by atoms with Gasteiger partial charge in [-0.3, -0.25) is 9.59 Å². The first kappa shape index (κ1) is 21.7. The average molecular weight is 404 g/mol. The van der Waals surface area contributed by atoms with Crippen molar-refractivity contribution in [3.63, 3.8) is 0 Å². The standard InChI is InChI=1S/C20H21FN2O6/c1-3-28-16-9-4-13(10-17(16)27-2)20(26)29-12-19(25)22-11-18(24)23-15-7-5-14(21)6-8-15/h4-10H,3,11-12H2,1-2H3,(H,22,25)(H,23,24). The predicted octanol–water partition coefficient (Wildman–Crippen LogP) is 2.14. The Morgan fingerprint density at radius 3 is 2.38 bits per heavy atom. The molecule has 2 rings (SSSR count). The summed E-state index contributed by atoms with van der Waals surface area (Å²) in [5.74, 6) is -1.46. The van der Waals surface area contributed by atoms with E-state index < -0.39 is 30.2 Å². The van der Waals surface area contributed by atoms with E-state index in [1.165, 1.54) is 43.5 Å². The minimum Gasteiger partial charge on any atom is -0.493 e. The molecule has 0 unspecified atom stereocenters. The number of hydrogen-bond acceptors (Lipinski definition) is 6. The van der Waals surface area contributed by atoms with E-state index in [0.29, 0.717) is 23.8 Å². The van der Waals surface area contributed by atoms with Gasteiger partial charge in [0, 0.05) is 5.69 Å². The van der Waals surface area contributed by atoms with Crippen LogP contribution in [0.25, 0.3) is 0 Å². The molecule has 0 saturated carbocycles. The number of carbonyl (C=O) groups excluding carboxylic acids is 3. The SMILES string of the molecule is CCOc1ccc(C(=O)OCC(=O)NCC(=O)Nc2ccc(F)cc2)cc1OC. The highest BCUT2D eigenvalue weighted by Gasteiger charge is 2.14. The summed E-state index contributed by atoms with van der Waals surface area (Å²) in [6, 6.07) is 9.68. The first-order valence-electron chi connectivity index (χ1n) is 8.73. The van der Waals surface area contributed by atoms with E-state index in [2.05, 4.69) is 10.6 Å². The van der Waals surface area contributed by atoms with Crippen LogP contribution < -0.4 is 20.1 Å². The van der Waals surface area contributed by atoms with Crippen LogP contribution in [0.3, 0.4) is 0 Å². The Morgan fingerprint density at radius 1 is 1.00 bits per heavy atom. The second-order valence-electron chi connectivity index (χ2n) is 5.71. The number of benzene rings is 2. The number of amides is 2. The van der Waals surface area contributed by atoms with Crippen molar-refractivity contribution < 1.29 is 33.0 Å². The first-order chi connectivity index (χ1) is 13.9. The van der Waals surface area contributed by atoms with Gasteiger partial charge in [-0.05, 0) is 49.4 Å². The Morgan fingerprint density at radius 2 is 1.72 bits per heavy atom. The Hall–Kier alpha value is -3.62. The van der Waals surface area contributed by atoms with Crippen molar-refractivity contribution in [3.05, 3.63) is 53.8 Å². The summed E-state index contributed by atoms with van der Waals surface area (Å²) in [4.78, 5) is 35.6. The summed E-state index contributed by atoms with van der Waals surface area (Å²) in [6.07, 6.45) is 0. The van der Waals surface area contributed by atoms with Crippen molar-refractivity contribution in [2.24, 2.45) is 0 Å². The van der Waals surface area contributed by atoms with Crippen LogP contribution in [0, 0.1) is 5.82 Å². The van der Waals surface area contributed by atoms with E-state index >= 15 is 0 Å². The molecule has 2 N–H and O–H groups in total. The fraction of sp³-hybridized carbons (Fsp3) is 0.250. The molecule has 0 bridgehead atoms. The smallest absolute Gasteiger partial charge is 0.338 e. The average Bonchev–Trinajstić information content (AvgIpc) is 2.72. The summed E-state index contributed by atoms with van der Waals surface area (Å²) in [6.45, 7) is 1.37. The second kappa shape index (κ2) is 10.6. The van der Waals surface area contributed by atoms with Gasteiger partial charge in [-0.1, -0.05) is 0 Å². The summed E-state index contributed by atoms with van der Waals surface area (Å²) >= 11 is 0. The summed E-state index contributed by atoms with van der Waals surface area (Å²) in [5, 5.41) is 4.81. The first-order valence-corrected chi connectivity index (χ1v) is 8.73. The number of anilines is 1. The normalized spacial score (nSPS) is 10.0. The minimum atomic E-state index is -0.725. The number of carbonyl (C=O) groups is 3. The number of methoxy groups -OCH3 is 1. The van der Waals surface area contributed by atoms with Crippen LogP contribution in [-0.4, -0.2) is 44.7 Å². The number of ether oxygens (including phenoxy) is 3. The van der Waals surface area contributed by atoms with Crippen molar-refractivity contribution in [1.29, 1.82) is 0 Å². The zero-order chi connectivity index (χ0) is 21.2. The molecule has 0 radical (unpaired) electrons. The topological polar surface area (TPSA) is 103 Å². The quantitative estimate of drug-likeness (QED) is 0.621. The third-order valence-corrected chi connectivity index (χ3v) is 3.61. The van der Waals surface area contributed by atoms with Crippen molar-refractivity contribution >= 4 is 23.5 Å². The summed E-state index contributed by atoms with van der Waals surface area (Å²) in [5.41, 5.74) is 0.577. The lowest BCUT2D eigenvalue weighted by Crippen LogP contribution is -2.35. The van der Waals surface area contributed by atoms with E-state index in [0.717, 1.165) is 0 Å². The van der Waals surface area contributed by atoms with E-state index in [4.69, 9.17) is 14.2 Å².